The van der Waals surface area contributed by atoms with Crippen molar-refractivity contribution >= 4 is 17.1 Å². The predicted molar refractivity (Wildman–Crippen MR) is 104 cm³/mol. The number of rotatable bonds is 4. The SMILES string of the molecule is Cc1cc(Oc2ccccc2)ccc1NC(=O)c1c(=O)[nH]n2ccccc12. The van der Waals surface area contributed by atoms with E-state index in [2.05, 4.69) is 10.4 Å². The summed E-state index contributed by atoms with van der Waals surface area (Å²) in [5, 5.41) is 5.43. The van der Waals surface area contributed by atoms with Crippen molar-refractivity contribution in [1.29, 1.82) is 0 Å². The van der Waals surface area contributed by atoms with Crippen LogP contribution >= 0.6 is 0 Å². The average Bonchev–Trinajstić information content (AvgIpc) is 3.00. The first-order chi connectivity index (χ1) is 13.1. The minimum atomic E-state index is -0.454. The van der Waals surface area contributed by atoms with E-state index < -0.39 is 11.5 Å². The molecule has 134 valence electrons. The number of H-pyrrole nitrogens is 1. The highest BCUT2D eigenvalue weighted by atomic mass is 16.5. The summed E-state index contributed by atoms with van der Waals surface area (Å²) in [6.45, 7) is 1.87. The molecule has 0 aliphatic carbocycles. The van der Waals surface area contributed by atoms with Crippen LogP contribution in [-0.4, -0.2) is 15.5 Å². The molecule has 4 aromatic rings. The van der Waals surface area contributed by atoms with Crippen molar-refractivity contribution in [3.8, 4) is 11.5 Å². The number of para-hydroxylation sites is 1. The van der Waals surface area contributed by atoms with Crippen molar-refractivity contribution in [2.75, 3.05) is 5.32 Å². The van der Waals surface area contributed by atoms with Crippen molar-refractivity contribution in [3.63, 3.8) is 0 Å². The van der Waals surface area contributed by atoms with Gasteiger partial charge in [0.2, 0.25) is 0 Å². The fraction of sp³-hybridized carbons (Fsp3) is 0.0476. The number of aryl methyl sites for hydroxylation is 1. The van der Waals surface area contributed by atoms with Gasteiger partial charge in [0.1, 0.15) is 17.1 Å². The van der Waals surface area contributed by atoms with Gasteiger partial charge in [-0.3, -0.25) is 19.2 Å². The summed E-state index contributed by atoms with van der Waals surface area (Å²) < 4.78 is 7.33. The van der Waals surface area contributed by atoms with Gasteiger partial charge in [0.15, 0.2) is 0 Å². The van der Waals surface area contributed by atoms with E-state index >= 15 is 0 Å². The van der Waals surface area contributed by atoms with Crippen LogP contribution in [0.4, 0.5) is 5.69 Å². The summed E-state index contributed by atoms with van der Waals surface area (Å²) in [6.07, 6.45) is 1.69. The van der Waals surface area contributed by atoms with Crippen LogP contribution in [0.15, 0.2) is 77.7 Å². The second kappa shape index (κ2) is 6.84. The zero-order valence-corrected chi connectivity index (χ0v) is 14.6. The molecule has 0 aliphatic heterocycles. The Morgan fingerprint density at radius 1 is 1.00 bits per heavy atom. The highest BCUT2D eigenvalue weighted by molar-refractivity contribution is 6.09. The molecule has 0 bridgehead atoms. The molecule has 27 heavy (non-hydrogen) atoms. The largest absolute Gasteiger partial charge is 0.457 e. The van der Waals surface area contributed by atoms with Crippen LogP contribution in [0.3, 0.4) is 0 Å². The van der Waals surface area contributed by atoms with Gasteiger partial charge in [0.25, 0.3) is 11.5 Å². The summed E-state index contributed by atoms with van der Waals surface area (Å²) in [7, 11) is 0. The van der Waals surface area contributed by atoms with Crippen molar-refractivity contribution in [3.05, 3.63) is 94.4 Å². The molecular weight excluding hydrogens is 342 g/mol. The van der Waals surface area contributed by atoms with Gasteiger partial charge in [-0.1, -0.05) is 24.3 Å². The lowest BCUT2D eigenvalue weighted by Crippen LogP contribution is -2.20. The van der Waals surface area contributed by atoms with Crippen molar-refractivity contribution < 1.29 is 9.53 Å². The number of carbonyl (C=O) groups excluding carboxylic acids is 1. The molecule has 0 saturated heterocycles. The van der Waals surface area contributed by atoms with Gasteiger partial charge in [-0.2, -0.15) is 0 Å². The number of pyridine rings is 1. The number of nitrogens with zero attached hydrogens (tertiary/aromatic N) is 1. The van der Waals surface area contributed by atoms with Crippen molar-refractivity contribution in [1.82, 2.24) is 9.61 Å². The molecule has 0 fully saturated rings. The monoisotopic (exact) mass is 359 g/mol. The van der Waals surface area contributed by atoms with E-state index in [0.29, 0.717) is 17.0 Å². The number of hydrogen-bond donors (Lipinski definition) is 2. The third kappa shape index (κ3) is 3.32. The second-order valence-corrected chi connectivity index (χ2v) is 6.12. The van der Waals surface area contributed by atoms with Gasteiger partial charge < -0.3 is 10.1 Å². The molecule has 0 spiro atoms. The summed E-state index contributed by atoms with van der Waals surface area (Å²) in [6, 6.07) is 20.1. The summed E-state index contributed by atoms with van der Waals surface area (Å²) in [5.74, 6) is 0.953. The molecule has 4 rings (SSSR count). The quantitative estimate of drug-likeness (QED) is 0.579. The molecule has 0 atom stereocenters. The lowest BCUT2D eigenvalue weighted by Gasteiger charge is -2.11. The van der Waals surface area contributed by atoms with Gasteiger partial charge in [-0.15, -0.1) is 0 Å². The number of hydrogen-bond acceptors (Lipinski definition) is 3. The topological polar surface area (TPSA) is 75.6 Å². The van der Waals surface area contributed by atoms with Crippen LogP contribution in [0.2, 0.25) is 0 Å². The Hall–Kier alpha value is -3.80. The first-order valence-corrected chi connectivity index (χ1v) is 8.46. The molecule has 0 aliphatic rings. The average molecular weight is 359 g/mol. The maximum atomic E-state index is 12.7. The third-order valence-electron chi connectivity index (χ3n) is 4.22. The fourth-order valence-electron chi connectivity index (χ4n) is 2.89. The van der Waals surface area contributed by atoms with E-state index in [4.69, 9.17) is 4.74 Å². The van der Waals surface area contributed by atoms with Gasteiger partial charge in [0, 0.05) is 11.9 Å². The highest BCUT2D eigenvalue weighted by Gasteiger charge is 2.17. The second-order valence-electron chi connectivity index (χ2n) is 6.12. The Kier molecular flexibility index (Phi) is 4.22. The Morgan fingerprint density at radius 2 is 1.78 bits per heavy atom. The van der Waals surface area contributed by atoms with E-state index in [1.54, 1.807) is 36.5 Å². The number of amides is 1. The molecule has 1 amide bonds. The van der Waals surface area contributed by atoms with E-state index in [-0.39, 0.29) is 5.56 Å². The van der Waals surface area contributed by atoms with Crippen LogP contribution in [0, 0.1) is 6.92 Å². The molecule has 0 radical (unpaired) electrons. The normalized spacial score (nSPS) is 10.7. The molecule has 2 aromatic carbocycles. The van der Waals surface area contributed by atoms with E-state index in [1.807, 2.05) is 43.3 Å². The Morgan fingerprint density at radius 3 is 2.56 bits per heavy atom. The fourth-order valence-corrected chi connectivity index (χ4v) is 2.89. The number of ether oxygens (including phenoxy) is 1. The molecule has 2 heterocycles. The Bertz CT molecular complexity index is 1180. The van der Waals surface area contributed by atoms with E-state index in [9.17, 15) is 9.59 Å². The van der Waals surface area contributed by atoms with Crippen molar-refractivity contribution in [2.45, 2.75) is 6.92 Å². The molecular formula is C21H17N3O3. The number of benzene rings is 2. The number of carbonyl (C=O) groups is 1. The van der Waals surface area contributed by atoms with Gasteiger partial charge in [-0.05, 0) is 55.0 Å². The third-order valence-corrected chi connectivity index (χ3v) is 4.22. The maximum absolute atomic E-state index is 12.7. The number of aromatic amines is 1. The minimum absolute atomic E-state index is 0.0830. The lowest BCUT2D eigenvalue weighted by molar-refractivity contribution is 0.102. The Labute approximate surface area is 155 Å². The molecule has 0 saturated carbocycles. The number of nitrogens with one attached hydrogen (secondary N) is 2. The lowest BCUT2D eigenvalue weighted by atomic mass is 10.1. The minimum Gasteiger partial charge on any atom is -0.457 e. The Balaban J connectivity index is 1.58. The first-order valence-electron chi connectivity index (χ1n) is 8.46. The smallest absolute Gasteiger partial charge is 0.277 e. The molecule has 2 aromatic heterocycles. The number of anilines is 1. The van der Waals surface area contributed by atoms with Crippen LogP contribution in [0.5, 0.6) is 11.5 Å². The zero-order valence-electron chi connectivity index (χ0n) is 14.6. The highest BCUT2D eigenvalue weighted by Crippen LogP contribution is 2.26. The van der Waals surface area contributed by atoms with Crippen molar-refractivity contribution in [2.24, 2.45) is 0 Å². The summed E-state index contributed by atoms with van der Waals surface area (Å²) >= 11 is 0. The van der Waals surface area contributed by atoms with Gasteiger partial charge in [-0.25, -0.2) is 0 Å². The number of fused-ring (bicyclic) bond motifs is 1. The van der Waals surface area contributed by atoms with Crippen LogP contribution in [-0.2, 0) is 0 Å². The maximum Gasteiger partial charge on any atom is 0.277 e. The molecule has 6 nitrogen and oxygen atoms in total. The number of aromatic nitrogens is 2. The van der Waals surface area contributed by atoms with Crippen LogP contribution < -0.4 is 15.6 Å². The van der Waals surface area contributed by atoms with Crippen LogP contribution in [0.1, 0.15) is 15.9 Å². The summed E-state index contributed by atoms with van der Waals surface area (Å²) in [5.41, 5.74) is 1.63. The van der Waals surface area contributed by atoms with Gasteiger partial charge >= 0.3 is 0 Å². The van der Waals surface area contributed by atoms with E-state index in [0.717, 1.165) is 11.3 Å². The van der Waals surface area contributed by atoms with Gasteiger partial charge in [0.05, 0.1) is 5.52 Å². The molecule has 6 heteroatoms. The predicted octanol–water partition coefficient (Wildman–Crippen LogP) is 3.98. The van der Waals surface area contributed by atoms with E-state index in [1.165, 1.54) is 4.52 Å². The molecule has 0 unspecified atom stereocenters. The standard InChI is InChI=1S/C21H17N3O3/c1-14-13-16(27-15-7-3-2-4-8-15)10-11-17(14)22-20(25)19-18-9-5-6-12-24(18)23-21(19)26/h2-13H,1H3,(H,22,25)(H,23,26). The molecule has 2 N–H and O–H groups in total. The van der Waals surface area contributed by atoms with Crippen LogP contribution in [0.25, 0.3) is 5.52 Å². The zero-order chi connectivity index (χ0) is 18.8. The summed E-state index contributed by atoms with van der Waals surface area (Å²) in [4.78, 5) is 24.8. The first kappa shape index (κ1) is 16.7.